The van der Waals surface area contributed by atoms with Gasteiger partial charge in [-0.25, -0.2) is 0 Å². The minimum Gasteiger partial charge on any atom is -0.493 e. The lowest BCUT2D eigenvalue weighted by atomic mass is 10.1. The molecular formula is C17H26N2O3. The Morgan fingerprint density at radius 1 is 1.18 bits per heavy atom. The van der Waals surface area contributed by atoms with Gasteiger partial charge < -0.3 is 14.4 Å². The van der Waals surface area contributed by atoms with Gasteiger partial charge in [0.05, 0.1) is 13.7 Å². The Morgan fingerprint density at radius 2 is 1.86 bits per heavy atom. The van der Waals surface area contributed by atoms with E-state index in [1.165, 1.54) is 0 Å². The summed E-state index contributed by atoms with van der Waals surface area (Å²) in [6.45, 7) is 10.3. The molecule has 1 heterocycles. The van der Waals surface area contributed by atoms with Crippen LogP contribution in [0.5, 0.6) is 11.5 Å². The smallest absolute Gasteiger partial charge is 0.254 e. The summed E-state index contributed by atoms with van der Waals surface area (Å²) in [6, 6.07) is 5.91. The zero-order chi connectivity index (χ0) is 16.1. The molecule has 5 heteroatoms. The van der Waals surface area contributed by atoms with E-state index in [0.717, 1.165) is 26.2 Å². The Kier molecular flexibility index (Phi) is 5.66. The van der Waals surface area contributed by atoms with Crippen molar-refractivity contribution in [3.63, 3.8) is 0 Å². The van der Waals surface area contributed by atoms with Crippen molar-refractivity contribution >= 4 is 5.91 Å². The van der Waals surface area contributed by atoms with Gasteiger partial charge in [-0.1, -0.05) is 0 Å². The lowest BCUT2D eigenvalue weighted by molar-refractivity contribution is 0.0595. The summed E-state index contributed by atoms with van der Waals surface area (Å²) in [5.41, 5.74) is 0.651. The van der Waals surface area contributed by atoms with Gasteiger partial charge in [0.1, 0.15) is 0 Å². The molecule has 0 atom stereocenters. The van der Waals surface area contributed by atoms with Crippen molar-refractivity contribution in [1.82, 2.24) is 9.80 Å². The molecule has 0 unspecified atom stereocenters. The molecule has 1 fully saturated rings. The van der Waals surface area contributed by atoms with E-state index in [9.17, 15) is 4.79 Å². The number of hydrogen-bond donors (Lipinski definition) is 0. The molecule has 0 spiro atoms. The number of hydrogen-bond acceptors (Lipinski definition) is 4. The standard InChI is InChI=1S/C17H26N2O3/c1-5-22-15-7-6-14(12-16(15)21-4)17(20)19-10-8-18(9-11-19)13(2)3/h6-7,12-13H,5,8-11H2,1-4H3. The normalized spacial score (nSPS) is 16.0. The van der Waals surface area contributed by atoms with Crippen LogP contribution in [-0.4, -0.2) is 61.6 Å². The zero-order valence-electron chi connectivity index (χ0n) is 14.0. The molecular weight excluding hydrogens is 280 g/mol. The number of amides is 1. The number of ether oxygens (including phenoxy) is 2. The lowest BCUT2D eigenvalue weighted by Gasteiger charge is -2.37. The molecule has 0 bridgehead atoms. The van der Waals surface area contributed by atoms with E-state index in [1.807, 2.05) is 17.9 Å². The fourth-order valence-electron chi connectivity index (χ4n) is 2.70. The Hall–Kier alpha value is -1.75. The van der Waals surface area contributed by atoms with Crippen LogP contribution in [0.4, 0.5) is 0 Å². The van der Waals surface area contributed by atoms with Gasteiger partial charge in [-0.05, 0) is 39.0 Å². The molecule has 0 aliphatic carbocycles. The molecule has 1 aromatic rings. The molecule has 0 aromatic heterocycles. The minimum atomic E-state index is 0.0600. The van der Waals surface area contributed by atoms with Gasteiger partial charge in [0.25, 0.3) is 5.91 Å². The van der Waals surface area contributed by atoms with Crippen molar-refractivity contribution in [1.29, 1.82) is 0 Å². The number of benzene rings is 1. The summed E-state index contributed by atoms with van der Waals surface area (Å²) in [7, 11) is 1.59. The van der Waals surface area contributed by atoms with Gasteiger partial charge in [-0.3, -0.25) is 9.69 Å². The van der Waals surface area contributed by atoms with Crippen LogP contribution in [0.2, 0.25) is 0 Å². The van der Waals surface area contributed by atoms with E-state index in [-0.39, 0.29) is 5.91 Å². The van der Waals surface area contributed by atoms with Gasteiger partial charge in [-0.15, -0.1) is 0 Å². The molecule has 22 heavy (non-hydrogen) atoms. The molecule has 1 amide bonds. The predicted octanol–water partition coefficient (Wildman–Crippen LogP) is 2.26. The Balaban J connectivity index is 2.07. The fourth-order valence-corrected chi connectivity index (χ4v) is 2.70. The zero-order valence-corrected chi connectivity index (χ0v) is 14.0. The van der Waals surface area contributed by atoms with Crippen molar-refractivity contribution in [3.8, 4) is 11.5 Å². The molecule has 5 nitrogen and oxygen atoms in total. The van der Waals surface area contributed by atoms with Crippen LogP contribution in [0.15, 0.2) is 18.2 Å². The van der Waals surface area contributed by atoms with Crippen LogP contribution in [0.25, 0.3) is 0 Å². The molecule has 0 saturated carbocycles. The van der Waals surface area contributed by atoms with Crippen molar-refractivity contribution < 1.29 is 14.3 Å². The Bertz CT molecular complexity index is 509. The van der Waals surface area contributed by atoms with Crippen molar-refractivity contribution in [2.24, 2.45) is 0 Å². The van der Waals surface area contributed by atoms with Gasteiger partial charge in [0, 0.05) is 37.8 Å². The maximum atomic E-state index is 12.6. The molecule has 2 rings (SSSR count). The van der Waals surface area contributed by atoms with Crippen LogP contribution >= 0.6 is 0 Å². The van der Waals surface area contributed by atoms with Gasteiger partial charge in [0.15, 0.2) is 11.5 Å². The highest BCUT2D eigenvalue weighted by molar-refractivity contribution is 5.95. The Morgan fingerprint density at radius 3 is 2.41 bits per heavy atom. The van der Waals surface area contributed by atoms with Crippen LogP contribution in [0, 0.1) is 0 Å². The molecule has 1 aromatic carbocycles. The highest BCUT2D eigenvalue weighted by Gasteiger charge is 2.24. The monoisotopic (exact) mass is 306 g/mol. The molecule has 0 radical (unpaired) electrons. The van der Waals surface area contributed by atoms with E-state index in [1.54, 1.807) is 19.2 Å². The molecule has 1 aliphatic rings. The first-order chi connectivity index (χ1) is 10.6. The second-order valence-electron chi connectivity index (χ2n) is 5.72. The van der Waals surface area contributed by atoms with Crippen molar-refractivity contribution in [2.75, 3.05) is 39.9 Å². The maximum Gasteiger partial charge on any atom is 0.254 e. The first kappa shape index (κ1) is 16.6. The third kappa shape index (κ3) is 3.71. The van der Waals surface area contributed by atoms with Crippen LogP contribution in [0.3, 0.4) is 0 Å². The van der Waals surface area contributed by atoms with E-state index in [2.05, 4.69) is 18.7 Å². The summed E-state index contributed by atoms with van der Waals surface area (Å²) < 4.78 is 10.8. The average Bonchev–Trinajstić information content (AvgIpc) is 2.55. The van der Waals surface area contributed by atoms with E-state index >= 15 is 0 Å². The summed E-state index contributed by atoms with van der Waals surface area (Å²) in [6.07, 6.45) is 0. The van der Waals surface area contributed by atoms with Crippen molar-refractivity contribution in [2.45, 2.75) is 26.8 Å². The second-order valence-corrected chi connectivity index (χ2v) is 5.72. The maximum absolute atomic E-state index is 12.6. The fraction of sp³-hybridized carbons (Fsp3) is 0.588. The lowest BCUT2D eigenvalue weighted by Crippen LogP contribution is -2.50. The largest absolute Gasteiger partial charge is 0.493 e. The number of carbonyl (C=O) groups is 1. The summed E-state index contributed by atoms with van der Waals surface area (Å²) in [5, 5.41) is 0. The second kappa shape index (κ2) is 7.49. The highest BCUT2D eigenvalue weighted by atomic mass is 16.5. The molecule has 122 valence electrons. The first-order valence-electron chi connectivity index (χ1n) is 7.91. The first-order valence-corrected chi connectivity index (χ1v) is 7.91. The third-order valence-corrected chi connectivity index (χ3v) is 4.04. The third-order valence-electron chi connectivity index (χ3n) is 4.04. The minimum absolute atomic E-state index is 0.0600. The topological polar surface area (TPSA) is 42.0 Å². The number of carbonyl (C=O) groups excluding carboxylic acids is 1. The van der Waals surface area contributed by atoms with E-state index < -0.39 is 0 Å². The van der Waals surface area contributed by atoms with E-state index in [0.29, 0.717) is 29.7 Å². The summed E-state index contributed by atoms with van der Waals surface area (Å²) >= 11 is 0. The van der Waals surface area contributed by atoms with Gasteiger partial charge in [-0.2, -0.15) is 0 Å². The molecule has 1 aliphatic heterocycles. The summed E-state index contributed by atoms with van der Waals surface area (Å²) in [5.74, 6) is 1.34. The highest BCUT2D eigenvalue weighted by Crippen LogP contribution is 2.28. The number of nitrogens with zero attached hydrogens (tertiary/aromatic N) is 2. The number of piperazine rings is 1. The van der Waals surface area contributed by atoms with Gasteiger partial charge in [0.2, 0.25) is 0 Å². The van der Waals surface area contributed by atoms with E-state index in [4.69, 9.17) is 9.47 Å². The summed E-state index contributed by atoms with van der Waals surface area (Å²) in [4.78, 5) is 16.9. The van der Waals surface area contributed by atoms with Crippen LogP contribution in [0.1, 0.15) is 31.1 Å². The quantitative estimate of drug-likeness (QED) is 0.837. The SMILES string of the molecule is CCOc1ccc(C(=O)N2CCN(C(C)C)CC2)cc1OC. The average molecular weight is 306 g/mol. The van der Waals surface area contributed by atoms with Crippen LogP contribution < -0.4 is 9.47 Å². The number of methoxy groups -OCH3 is 1. The van der Waals surface area contributed by atoms with Gasteiger partial charge >= 0.3 is 0 Å². The molecule has 0 N–H and O–H groups in total. The molecule has 1 saturated heterocycles. The van der Waals surface area contributed by atoms with Crippen molar-refractivity contribution in [3.05, 3.63) is 23.8 Å². The Labute approximate surface area is 132 Å². The predicted molar refractivity (Wildman–Crippen MR) is 86.8 cm³/mol. The van der Waals surface area contributed by atoms with Crippen LogP contribution in [-0.2, 0) is 0 Å². The number of rotatable bonds is 5.